The van der Waals surface area contributed by atoms with E-state index in [1.54, 1.807) is 0 Å². The summed E-state index contributed by atoms with van der Waals surface area (Å²) in [6.45, 7) is 0.834. The van der Waals surface area contributed by atoms with Crippen molar-refractivity contribution in [1.82, 2.24) is 10.3 Å². The van der Waals surface area contributed by atoms with Crippen molar-refractivity contribution in [3.05, 3.63) is 47.1 Å². The third kappa shape index (κ3) is 5.52. The van der Waals surface area contributed by atoms with Gasteiger partial charge in [0, 0.05) is 12.1 Å². The van der Waals surface area contributed by atoms with Crippen LogP contribution in [0.2, 0.25) is 5.02 Å². The highest BCUT2D eigenvalue weighted by Crippen LogP contribution is 2.36. The molecule has 2 heterocycles. The first-order valence-corrected chi connectivity index (χ1v) is 9.86. The molecule has 7 nitrogen and oxygen atoms in total. The summed E-state index contributed by atoms with van der Waals surface area (Å²) in [6.07, 6.45) is -2.94. The second-order valence-electron chi connectivity index (χ2n) is 7.00. The average Bonchev–Trinajstić information content (AvgIpc) is 2.76. The molecule has 166 valence electrons. The Bertz CT molecular complexity index is 948. The van der Waals surface area contributed by atoms with Crippen molar-refractivity contribution >= 4 is 40.6 Å². The molecule has 0 radical (unpaired) electrons. The van der Waals surface area contributed by atoms with Crippen LogP contribution in [0, 0.1) is 5.92 Å². The van der Waals surface area contributed by atoms with E-state index in [0.29, 0.717) is 30.8 Å². The lowest BCUT2D eigenvalue weighted by Crippen LogP contribution is -2.39. The van der Waals surface area contributed by atoms with Crippen molar-refractivity contribution in [1.29, 1.82) is 0 Å². The first-order valence-electron chi connectivity index (χ1n) is 9.49. The minimum absolute atomic E-state index is 0.00455. The summed E-state index contributed by atoms with van der Waals surface area (Å²) in [5, 5.41) is 15.4. The Morgan fingerprint density at radius 3 is 2.52 bits per heavy atom. The fourth-order valence-electron chi connectivity index (χ4n) is 3.25. The summed E-state index contributed by atoms with van der Waals surface area (Å²) in [5.41, 5.74) is -0.00938. The summed E-state index contributed by atoms with van der Waals surface area (Å²) in [5.74, 6) is -3.20. The van der Waals surface area contributed by atoms with E-state index in [2.05, 4.69) is 15.6 Å². The van der Waals surface area contributed by atoms with Crippen LogP contribution in [0.15, 0.2) is 36.5 Å². The van der Waals surface area contributed by atoms with Gasteiger partial charge in [-0.05, 0) is 55.8 Å². The number of alkyl halides is 3. The van der Waals surface area contributed by atoms with Crippen molar-refractivity contribution < 1.29 is 27.9 Å². The molecule has 3 N–H and O–H groups in total. The molecule has 1 saturated heterocycles. The molecule has 2 aromatic rings. The summed E-state index contributed by atoms with van der Waals surface area (Å²) in [7, 11) is 0. The third-order valence-electron chi connectivity index (χ3n) is 4.84. The summed E-state index contributed by atoms with van der Waals surface area (Å²) in [4.78, 5) is 29.2. The SMILES string of the molecule is O=C(Nc1ccc(CO)cc1N(C(=O)C(F)(F)F)c1ccc(Cl)cn1)C1CCNCC1. The number of aliphatic hydroxyl groups is 1. The number of carbonyl (C=O) groups is 2. The molecule has 1 aromatic carbocycles. The summed E-state index contributed by atoms with van der Waals surface area (Å²) in [6, 6.07) is 6.47. The zero-order valence-corrected chi connectivity index (χ0v) is 17.0. The first-order chi connectivity index (χ1) is 14.7. The maximum Gasteiger partial charge on any atom is 0.472 e. The standard InChI is InChI=1S/C20H20ClF3N4O3/c21-14-2-4-17(26-10-14)28(19(31)20(22,23)24)16-9-12(11-29)1-3-15(16)27-18(30)13-5-7-25-8-6-13/h1-4,9-10,13,25,29H,5-8,11H2,(H,27,30). The lowest BCUT2D eigenvalue weighted by molar-refractivity contribution is -0.169. The second-order valence-corrected chi connectivity index (χ2v) is 7.43. The molecule has 2 amide bonds. The Morgan fingerprint density at radius 1 is 1.23 bits per heavy atom. The van der Waals surface area contributed by atoms with Gasteiger partial charge in [0.15, 0.2) is 0 Å². The van der Waals surface area contributed by atoms with Crippen LogP contribution in [-0.2, 0) is 16.2 Å². The Labute approximate surface area is 181 Å². The second kappa shape index (κ2) is 9.63. The zero-order valence-electron chi connectivity index (χ0n) is 16.2. The Kier molecular flexibility index (Phi) is 7.14. The van der Waals surface area contributed by atoms with Gasteiger partial charge in [0.2, 0.25) is 5.91 Å². The van der Waals surface area contributed by atoms with Crippen molar-refractivity contribution in [2.45, 2.75) is 25.6 Å². The molecule has 31 heavy (non-hydrogen) atoms. The number of rotatable bonds is 5. The van der Waals surface area contributed by atoms with Gasteiger partial charge in [0.05, 0.1) is 23.0 Å². The highest BCUT2D eigenvalue weighted by atomic mass is 35.5. The Hall–Kier alpha value is -2.69. The summed E-state index contributed by atoms with van der Waals surface area (Å²) < 4.78 is 40.3. The molecular weight excluding hydrogens is 437 g/mol. The number of carbonyl (C=O) groups excluding carboxylic acids is 2. The smallest absolute Gasteiger partial charge is 0.392 e. The van der Waals surface area contributed by atoms with Crippen molar-refractivity contribution in [2.24, 2.45) is 5.92 Å². The van der Waals surface area contributed by atoms with Crippen LogP contribution in [0.25, 0.3) is 0 Å². The summed E-state index contributed by atoms with van der Waals surface area (Å²) >= 11 is 5.78. The van der Waals surface area contributed by atoms with Crippen LogP contribution < -0.4 is 15.5 Å². The number of nitrogens with zero attached hydrogens (tertiary/aromatic N) is 2. The molecule has 1 aromatic heterocycles. The van der Waals surface area contributed by atoms with Gasteiger partial charge < -0.3 is 15.7 Å². The number of amides is 2. The van der Waals surface area contributed by atoms with E-state index >= 15 is 0 Å². The molecule has 1 aliphatic heterocycles. The number of pyridine rings is 1. The fraction of sp³-hybridized carbons (Fsp3) is 0.350. The van der Waals surface area contributed by atoms with Gasteiger partial charge in [-0.1, -0.05) is 17.7 Å². The van der Waals surface area contributed by atoms with E-state index in [-0.39, 0.29) is 39.6 Å². The van der Waals surface area contributed by atoms with Gasteiger partial charge in [-0.2, -0.15) is 13.2 Å². The van der Waals surface area contributed by atoms with E-state index in [0.717, 1.165) is 12.3 Å². The zero-order chi connectivity index (χ0) is 22.6. The van der Waals surface area contributed by atoms with E-state index < -0.39 is 18.7 Å². The van der Waals surface area contributed by atoms with E-state index in [1.807, 2.05) is 0 Å². The molecule has 0 bridgehead atoms. The molecule has 11 heteroatoms. The fourth-order valence-corrected chi connectivity index (χ4v) is 3.36. The maximum atomic E-state index is 13.4. The van der Waals surface area contributed by atoms with Crippen LogP contribution in [0.3, 0.4) is 0 Å². The molecule has 0 spiro atoms. The molecular formula is C20H20ClF3N4O3. The van der Waals surface area contributed by atoms with E-state index in [9.17, 15) is 27.9 Å². The van der Waals surface area contributed by atoms with Crippen LogP contribution in [0.4, 0.5) is 30.4 Å². The average molecular weight is 457 g/mol. The molecule has 0 atom stereocenters. The number of anilines is 3. The molecule has 1 fully saturated rings. The van der Waals surface area contributed by atoms with Gasteiger partial charge in [0.1, 0.15) is 5.82 Å². The Balaban J connectivity index is 2.06. The van der Waals surface area contributed by atoms with Gasteiger partial charge in [0.25, 0.3) is 0 Å². The molecule has 0 unspecified atom stereocenters. The highest BCUT2D eigenvalue weighted by molar-refractivity contribution is 6.30. The topological polar surface area (TPSA) is 94.6 Å². The van der Waals surface area contributed by atoms with Crippen molar-refractivity contribution in [3.8, 4) is 0 Å². The number of piperidine rings is 1. The number of aromatic nitrogens is 1. The van der Waals surface area contributed by atoms with Crippen LogP contribution in [0.1, 0.15) is 18.4 Å². The molecule has 1 aliphatic rings. The van der Waals surface area contributed by atoms with Crippen LogP contribution in [0.5, 0.6) is 0 Å². The Morgan fingerprint density at radius 2 is 1.94 bits per heavy atom. The van der Waals surface area contributed by atoms with Crippen molar-refractivity contribution in [3.63, 3.8) is 0 Å². The van der Waals surface area contributed by atoms with E-state index in [4.69, 9.17) is 11.6 Å². The minimum Gasteiger partial charge on any atom is -0.392 e. The highest BCUT2D eigenvalue weighted by Gasteiger charge is 2.45. The third-order valence-corrected chi connectivity index (χ3v) is 5.06. The van der Waals surface area contributed by atoms with Gasteiger partial charge >= 0.3 is 12.1 Å². The number of hydrogen-bond acceptors (Lipinski definition) is 5. The maximum absolute atomic E-state index is 13.4. The quantitative estimate of drug-likeness (QED) is 0.641. The number of aliphatic hydroxyl groups excluding tert-OH is 1. The van der Waals surface area contributed by atoms with Gasteiger partial charge in [-0.15, -0.1) is 0 Å². The van der Waals surface area contributed by atoms with Crippen LogP contribution >= 0.6 is 11.6 Å². The predicted molar refractivity (Wildman–Crippen MR) is 109 cm³/mol. The normalized spacial score (nSPS) is 14.9. The molecule has 3 rings (SSSR count). The van der Waals surface area contributed by atoms with Crippen LogP contribution in [-0.4, -0.2) is 41.2 Å². The number of halogens is 4. The predicted octanol–water partition coefficient (Wildman–Crippen LogP) is 3.39. The molecule has 0 aliphatic carbocycles. The first kappa shape index (κ1) is 23.0. The van der Waals surface area contributed by atoms with Crippen molar-refractivity contribution in [2.75, 3.05) is 23.3 Å². The number of nitrogens with one attached hydrogen (secondary N) is 2. The lowest BCUT2D eigenvalue weighted by Gasteiger charge is -2.27. The number of hydrogen-bond donors (Lipinski definition) is 3. The van der Waals surface area contributed by atoms with E-state index in [1.165, 1.54) is 24.3 Å². The van der Waals surface area contributed by atoms with Gasteiger partial charge in [-0.3, -0.25) is 14.5 Å². The lowest BCUT2D eigenvalue weighted by atomic mass is 9.97. The number of benzene rings is 1. The largest absolute Gasteiger partial charge is 0.472 e. The minimum atomic E-state index is -5.22. The molecule has 0 saturated carbocycles. The van der Waals surface area contributed by atoms with Gasteiger partial charge in [-0.25, -0.2) is 4.98 Å². The monoisotopic (exact) mass is 456 g/mol.